The maximum atomic E-state index is 12.8. The number of hydrogen-bond acceptors (Lipinski definition) is 3. The Kier molecular flexibility index (Phi) is 5.73. The summed E-state index contributed by atoms with van der Waals surface area (Å²) in [7, 11) is 0. The van der Waals surface area contributed by atoms with Gasteiger partial charge in [-0.3, -0.25) is 4.79 Å². The first kappa shape index (κ1) is 13.6. The van der Waals surface area contributed by atoms with Crippen molar-refractivity contribution in [3.8, 4) is 0 Å². The van der Waals surface area contributed by atoms with Gasteiger partial charge >= 0.3 is 11.2 Å². The lowest BCUT2D eigenvalue weighted by molar-refractivity contribution is -0.137. The Bertz CT molecular complexity index is 193. The average molecular weight is 343 g/mol. The summed E-state index contributed by atoms with van der Waals surface area (Å²) >= 11 is 5.47. The van der Waals surface area contributed by atoms with Gasteiger partial charge in [0.15, 0.2) is 0 Å². The lowest BCUT2D eigenvalue weighted by atomic mass is 10.4. The van der Waals surface area contributed by atoms with Gasteiger partial charge in [0.25, 0.3) is 0 Å². The van der Waals surface area contributed by atoms with Crippen LogP contribution in [-0.4, -0.2) is 31.9 Å². The number of rotatable bonds is 5. The molecule has 0 aliphatic rings. The van der Waals surface area contributed by atoms with Crippen LogP contribution in [0.5, 0.6) is 0 Å². The fourth-order valence-electron chi connectivity index (χ4n) is 0.335. The zero-order valence-corrected chi connectivity index (χ0v) is 10.2. The van der Waals surface area contributed by atoms with E-state index in [4.69, 9.17) is 10.8 Å². The molecule has 3 N–H and O–H groups in total. The van der Waals surface area contributed by atoms with Crippen LogP contribution >= 0.6 is 43.6 Å². The summed E-state index contributed by atoms with van der Waals surface area (Å²) in [5.74, 6) is -1.63. The molecule has 0 saturated heterocycles. The minimum Gasteiger partial charge on any atom is -0.480 e. The van der Waals surface area contributed by atoms with E-state index in [9.17, 15) is 13.6 Å². The van der Waals surface area contributed by atoms with E-state index in [1.165, 1.54) is 0 Å². The fraction of sp³-hybridized carbons (Fsp3) is 0.800. The second kappa shape index (κ2) is 5.47. The molecule has 0 spiro atoms. The van der Waals surface area contributed by atoms with Gasteiger partial charge in [-0.2, -0.15) is 8.78 Å². The minimum absolute atomic E-state index is 0.190. The third-order valence-electron chi connectivity index (χ3n) is 1.03. The van der Waals surface area contributed by atoms with Gasteiger partial charge in [0.2, 0.25) is 0 Å². The number of carbonyl (C=O) groups is 1. The standard InChI is InChI=1S/C5H7Br2F2NO2S/c6-4(7)5(8,9)13-1-2(10)3(11)12/h2,4H,1,10H2,(H,11,12)/t2-/m0/s1. The van der Waals surface area contributed by atoms with E-state index in [0.29, 0.717) is 0 Å². The second-order valence-corrected chi connectivity index (χ2v) is 6.34. The van der Waals surface area contributed by atoms with Crippen molar-refractivity contribution in [1.29, 1.82) is 0 Å². The third-order valence-corrected chi connectivity index (χ3v) is 3.93. The molecule has 3 nitrogen and oxygen atoms in total. The van der Waals surface area contributed by atoms with Crippen molar-refractivity contribution in [2.24, 2.45) is 5.73 Å². The van der Waals surface area contributed by atoms with Crippen molar-refractivity contribution in [3.05, 3.63) is 0 Å². The topological polar surface area (TPSA) is 63.3 Å². The van der Waals surface area contributed by atoms with Gasteiger partial charge in [0, 0.05) is 5.75 Å². The summed E-state index contributed by atoms with van der Waals surface area (Å²) in [5, 5.41) is 5.23. The van der Waals surface area contributed by atoms with Gasteiger partial charge < -0.3 is 10.8 Å². The molecule has 0 saturated carbocycles. The van der Waals surface area contributed by atoms with Crippen LogP contribution in [0.3, 0.4) is 0 Å². The first-order valence-electron chi connectivity index (χ1n) is 3.05. The van der Waals surface area contributed by atoms with Gasteiger partial charge in [0.05, 0.1) is 0 Å². The monoisotopic (exact) mass is 341 g/mol. The van der Waals surface area contributed by atoms with Gasteiger partial charge in [0.1, 0.15) is 9.78 Å². The van der Waals surface area contributed by atoms with Crippen LogP contribution in [0.15, 0.2) is 0 Å². The molecular weight excluding hydrogens is 336 g/mol. The number of halogens is 4. The lowest BCUT2D eigenvalue weighted by Crippen LogP contribution is -2.34. The molecule has 0 aliphatic heterocycles. The molecule has 0 aromatic carbocycles. The molecule has 0 heterocycles. The van der Waals surface area contributed by atoms with Crippen LogP contribution in [-0.2, 0) is 4.79 Å². The molecule has 0 bridgehead atoms. The number of nitrogens with two attached hydrogens (primary N) is 1. The summed E-state index contributed by atoms with van der Waals surface area (Å²) in [6.07, 6.45) is 0. The van der Waals surface area contributed by atoms with E-state index < -0.39 is 21.0 Å². The van der Waals surface area contributed by atoms with E-state index in [2.05, 4.69) is 31.9 Å². The summed E-state index contributed by atoms with van der Waals surface area (Å²) in [5.41, 5.74) is 5.04. The number of thioether (sulfide) groups is 1. The number of aliphatic carboxylic acids is 1. The Morgan fingerprint density at radius 3 is 2.38 bits per heavy atom. The van der Waals surface area contributed by atoms with Crippen LogP contribution < -0.4 is 5.73 Å². The summed E-state index contributed by atoms with van der Waals surface area (Å²) in [6.45, 7) is 0. The molecule has 0 aromatic rings. The van der Waals surface area contributed by atoms with Crippen molar-refractivity contribution in [2.45, 2.75) is 15.0 Å². The predicted octanol–water partition coefficient (Wildman–Crippen LogP) is 1.84. The largest absolute Gasteiger partial charge is 0.480 e. The predicted molar refractivity (Wildman–Crippen MR) is 54.7 cm³/mol. The summed E-state index contributed by atoms with van der Waals surface area (Å²) in [4.78, 5) is 10.2. The Morgan fingerprint density at radius 2 is 2.08 bits per heavy atom. The zero-order valence-electron chi connectivity index (χ0n) is 6.21. The van der Waals surface area contributed by atoms with E-state index >= 15 is 0 Å². The normalized spacial score (nSPS) is 14.6. The molecule has 0 aromatic heterocycles. The van der Waals surface area contributed by atoms with Gasteiger partial charge in [-0.1, -0.05) is 43.6 Å². The van der Waals surface area contributed by atoms with Crippen molar-refractivity contribution in [3.63, 3.8) is 0 Å². The summed E-state index contributed by atoms with van der Waals surface area (Å²) in [6, 6.07) is -1.27. The highest BCUT2D eigenvalue weighted by atomic mass is 79.9. The maximum Gasteiger partial charge on any atom is 0.321 e. The van der Waals surface area contributed by atoms with E-state index in [-0.39, 0.29) is 17.5 Å². The first-order chi connectivity index (χ1) is 5.77. The molecule has 0 unspecified atom stereocenters. The van der Waals surface area contributed by atoms with Crippen LogP contribution in [0.1, 0.15) is 0 Å². The van der Waals surface area contributed by atoms with E-state index in [1.54, 1.807) is 0 Å². The molecule has 0 radical (unpaired) electrons. The molecule has 8 heteroatoms. The highest BCUT2D eigenvalue weighted by Crippen LogP contribution is 2.39. The van der Waals surface area contributed by atoms with Gasteiger partial charge in [-0.15, -0.1) is 0 Å². The first-order valence-corrected chi connectivity index (χ1v) is 5.87. The molecule has 0 fully saturated rings. The summed E-state index contributed by atoms with van der Waals surface area (Å²) < 4.78 is 24.4. The minimum atomic E-state index is -3.08. The van der Waals surface area contributed by atoms with Crippen molar-refractivity contribution in [1.82, 2.24) is 0 Å². The van der Waals surface area contributed by atoms with Crippen LogP contribution in [0.2, 0.25) is 0 Å². The van der Waals surface area contributed by atoms with E-state index in [0.717, 1.165) is 0 Å². The molecule has 78 valence electrons. The van der Waals surface area contributed by atoms with Crippen molar-refractivity contribution in [2.75, 3.05) is 5.75 Å². The lowest BCUT2D eigenvalue weighted by Gasteiger charge is -2.17. The van der Waals surface area contributed by atoms with Crippen LogP contribution in [0.4, 0.5) is 8.78 Å². The Hall–Kier alpha value is 0.600. The third kappa shape index (κ3) is 5.14. The Morgan fingerprint density at radius 1 is 1.62 bits per heavy atom. The van der Waals surface area contributed by atoms with Crippen LogP contribution in [0, 0.1) is 0 Å². The number of alkyl halides is 4. The molecular formula is C5H7Br2F2NO2S. The number of carboxylic acid groups (broad SMARTS) is 1. The van der Waals surface area contributed by atoms with Crippen molar-refractivity contribution >= 4 is 49.6 Å². The van der Waals surface area contributed by atoms with Crippen LogP contribution in [0.25, 0.3) is 0 Å². The number of hydrogen-bond donors (Lipinski definition) is 2. The van der Waals surface area contributed by atoms with E-state index in [1.807, 2.05) is 0 Å². The smallest absolute Gasteiger partial charge is 0.321 e. The average Bonchev–Trinajstić information content (AvgIpc) is 1.99. The molecule has 0 rings (SSSR count). The Balaban J connectivity index is 3.95. The van der Waals surface area contributed by atoms with Gasteiger partial charge in [-0.05, 0) is 0 Å². The molecule has 0 aliphatic carbocycles. The Labute approximate surface area is 94.7 Å². The van der Waals surface area contributed by atoms with Gasteiger partial charge in [-0.25, -0.2) is 0 Å². The second-order valence-electron chi connectivity index (χ2n) is 2.12. The molecule has 0 amide bonds. The quantitative estimate of drug-likeness (QED) is 0.748. The molecule has 1 atom stereocenters. The number of carboxylic acids is 1. The maximum absolute atomic E-state index is 12.8. The van der Waals surface area contributed by atoms with Crippen molar-refractivity contribution < 1.29 is 18.7 Å². The highest BCUT2D eigenvalue weighted by Gasteiger charge is 2.37. The molecule has 13 heavy (non-hydrogen) atoms. The fourth-order valence-corrected chi connectivity index (χ4v) is 1.80. The zero-order chi connectivity index (χ0) is 10.6. The highest BCUT2D eigenvalue weighted by molar-refractivity contribution is 9.24. The SMILES string of the molecule is N[C@@H](CSC(F)(F)C(Br)Br)C(=O)O.